The van der Waals surface area contributed by atoms with Crippen molar-refractivity contribution in [2.75, 3.05) is 0 Å². The molecule has 2 aromatic carbocycles. The second-order valence-corrected chi connectivity index (χ2v) is 4.56. The van der Waals surface area contributed by atoms with Gasteiger partial charge < -0.3 is 10.6 Å². The third-order valence-corrected chi connectivity index (χ3v) is 2.86. The van der Waals surface area contributed by atoms with E-state index in [1.807, 2.05) is 67.6 Å². The summed E-state index contributed by atoms with van der Waals surface area (Å²) in [6.07, 6.45) is 3.49. The topological polar surface area (TPSA) is 41.1 Å². The molecule has 0 bridgehead atoms. The minimum absolute atomic E-state index is 0.210. The molecule has 0 aromatic heterocycles. The number of benzene rings is 2. The summed E-state index contributed by atoms with van der Waals surface area (Å²) in [6.45, 7) is 2.56. The van der Waals surface area contributed by atoms with Crippen LogP contribution >= 0.6 is 0 Å². The van der Waals surface area contributed by atoms with E-state index in [0.717, 1.165) is 11.1 Å². The van der Waals surface area contributed by atoms with Gasteiger partial charge in [-0.25, -0.2) is 4.79 Å². The molecule has 2 N–H and O–H groups in total. The minimum Gasteiger partial charge on any atom is -0.334 e. The summed E-state index contributed by atoms with van der Waals surface area (Å²) in [7, 11) is 0. The minimum atomic E-state index is -0.210. The lowest BCUT2D eigenvalue weighted by Crippen LogP contribution is -2.31. The average Bonchev–Trinajstić information content (AvgIpc) is 2.48. The summed E-state index contributed by atoms with van der Waals surface area (Å²) >= 11 is 0. The molecule has 2 aromatic rings. The molecule has 0 aliphatic heterocycles. The van der Waals surface area contributed by atoms with Crippen molar-refractivity contribution in [1.82, 2.24) is 10.6 Å². The predicted molar refractivity (Wildman–Crippen MR) is 82.0 cm³/mol. The van der Waals surface area contributed by atoms with Crippen molar-refractivity contribution in [1.29, 1.82) is 0 Å². The van der Waals surface area contributed by atoms with Gasteiger partial charge >= 0.3 is 6.03 Å². The molecule has 0 aliphatic carbocycles. The highest BCUT2D eigenvalue weighted by atomic mass is 16.2. The fourth-order valence-electron chi connectivity index (χ4n) is 1.72. The van der Waals surface area contributed by atoms with Gasteiger partial charge in [-0.15, -0.1) is 0 Å². The number of urea groups is 1. The van der Waals surface area contributed by atoms with Gasteiger partial charge in [0.25, 0.3) is 0 Å². The molecule has 0 aliphatic rings. The van der Waals surface area contributed by atoms with Gasteiger partial charge in [-0.1, -0.05) is 60.2 Å². The molecular weight excluding hydrogens is 248 g/mol. The number of carbonyl (C=O) groups is 1. The summed E-state index contributed by atoms with van der Waals surface area (Å²) in [4.78, 5) is 11.6. The summed E-state index contributed by atoms with van der Waals surface area (Å²) in [5, 5.41) is 5.49. The van der Waals surface area contributed by atoms with E-state index in [1.54, 1.807) is 6.20 Å². The Labute approximate surface area is 119 Å². The standard InChI is InChI=1S/C17H18N2O/c1-14-7-9-16(10-8-14)13-19-17(20)18-12-11-15-5-3-2-4-6-15/h2-12H,13H2,1H3,(H2,18,19,20)/b12-11+. The van der Waals surface area contributed by atoms with E-state index in [-0.39, 0.29) is 6.03 Å². The van der Waals surface area contributed by atoms with Crippen molar-refractivity contribution < 1.29 is 4.79 Å². The number of amides is 2. The van der Waals surface area contributed by atoms with E-state index < -0.39 is 0 Å². The van der Waals surface area contributed by atoms with Gasteiger partial charge in [-0.05, 0) is 24.1 Å². The molecule has 0 unspecified atom stereocenters. The number of aryl methyl sites for hydroxylation is 1. The van der Waals surface area contributed by atoms with E-state index in [9.17, 15) is 4.79 Å². The van der Waals surface area contributed by atoms with Gasteiger partial charge in [0.2, 0.25) is 0 Å². The van der Waals surface area contributed by atoms with Crippen molar-refractivity contribution in [3.8, 4) is 0 Å². The van der Waals surface area contributed by atoms with E-state index in [0.29, 0.717) is 6.54 Å². The second kappa shape index (κ2) is 7.14. The first-order chi connectivity index (χ1) is 9.74. The second-order valence-electron chi connectivity index (χ2n) is 4.56. The molecule has 2 rings (SSSR count). The van der Waals surface area contributed by atoms with E-state index in [1.165, 1.54) is 5.56 Å². The molecule has 0 spiro atoms. The van der Waals surface area contributed by atoms with Crippen LogP contribution in [-0.2, 0) is 6.54 Å². The molecule has 3 nitrogen and oxygen atoms in total. The number of nitrogens with one attached hydrogen (secondary N) is 2. The van der Waals surface area contributed by atoms with E-state index in [4.69, 9.17) is 0 Å². The summed E-state index contributed by atoms with van der Waals surface area (Å²) in [5.74, 6) is 0. The molecule has 0 saturated carbocycles. The van der Waals surface area contributed by atoms with Crippen molar-refractivity contribution in [3.63, 3.8) is 0 Å². The first-order valence-electron chi connectivity index (χ1n) is 6.55. The molecule has 20 heavy (non-hydrogen) atoms. The molecule has 2 amide bonds. The fourth-order valence-corrected chi connectivity index (χ4v) is 1.72. The van der Waals surface area contributed by atoms with Crippen LogP contribution in [0.4, 0.5) is 4.79 Å². The third-order valence-electron chi connectivity index (χ3n) is 2.86. The molecule has 0 saturated heterocycles. The lowest BCUT2D eigenvalue weighted by Gasteiger charge is -2.05. The maximum absolute atomic E-state index is 11.6. The Morgan fingerprint density at radius 2 is 1.75 bits per heavy atom. The van der Waals surface area contributed by atoms with Crippen LogP contribution in [-0.4, -0.2) is 6.03 Å². The molecule has 0 heterocycles. The van der Waals surface area contributed by atoms with Gasteiger partial charge in [-0.2, -0.15) is 0 Å². The first-order valence-corrected chi connectivity index (χ1v) is 6.55. The molecule has 102 valence electrons. The summed E-state index contributed by atoms with van der Waals surface area (Å²) < 4.78 is 0. The van der Waals surface area contributed by atoms with Gasteiger partial charge in [0, 0.05) is 12.7 Å². The Hall–Kier alpha value is -2.55. The van der Waals surface area contributed by atoms with Gasteiger partial charge in [-0.3, -0.25) is 0 Å². The number of hydrogen-bond acceptors (Lipinski definition) is 1. The van der Waals surface area contributed by atoms with Gasteiger partial charge in [0.15, 0.2) is 0 Å². The van der Waals surface area contributed by atoms with Gasteiger partial charge in [0.1, 0.15) is 0 Å². The number of carbonyl (C=O) groups excluding carboxylic acids is 1. The van der Waals surface area contributed by atoms with E-state index >= 15 is 0 Å². The highest BCUT2D eigenvalue weighted by Crippen LogP contribution is 2.02. The van der Waals surface area contributed by atoms with Crippen molar-refractivity contribution in [3.05, 3.63) is 77.5 Å². The molecule has 0 radical (unpaired) electrons. The lowest BCUT2D eigenvalue weighted by atomic mass is 10.1. The Kier molecular flexibility index (Phi) is 4.95. The Bertz CT molecular complexity index is 574. The zero-order chi connectivity index (χ0) is 14.2. The summed E-state index contributed by atoms with van der Waals surface area (Å²) in [5.41, 5.74) is 3.34. The normalized spacial score (nSPS) is 10.4. The van der Waals surface area contributed by atoms with Crippen molar-refractivity contribution in [2.45, 2.75) is 13.5 Å². The Balaban J connectivity index is 1.76. The Morgan fingerprint density at radius 3 is 2.45 bits per heavy atom. The SMILES string of the molecule is Cc1ccc(CNC(=O)N/C=C/c2ccccc2)cc1. The molecule has 0 atom stereocenters. The highest BCUT2D eigenvalue weighted by molar-refractivity contribution is 5.75. The fraction of sp³-hybridized carbons (Fsp3) is 0.118. The first kappa shape index (κ1) is 13.9. The number of rotatable bonds is 4. The zero-order valence-electron chi connectivity index (χ0n) is 11.5. The van der Waals surface area contributed by atoms with Crippen LogP contribution in [0.25, 0.3) is 6.08 Å². The van der Waals surface area contributed by atoms with Crippen LogP contribution in [0.3, 0.4) is 0 Å². The molecule has 0 fully saturated rings. The predicted octanol–water partition coefficient (Wildman–Crippen LogP) is 3.47. The highest BCUT2D eigenvalue weighted by Gasteiger charge is 1.97. The van der Waals surface area contributed by atoms with Gasteiger partial charge in [0.05, 0.1) is 0 Å². The van der Waals surface area contributed by atoms with Crippen LogP contribution < -0.4 is 10.6 Å². The van der Waals surface area contributed by atoms with E-state index in [2.05, 4.69) is 10.6 Å². The molecular formula is C17H18N2O. The Morgan fingerprint density at radius 1 is 1.05 bits per heavy atom. The van der Waals surface area contributed by atoms with Crippen LogP contribution in [0.5, 0.6) is 0 Å². The maximum atomic E-state index is 11.6. The maximum Gasteiger partial charge on any atom is 0.319 e. The smallest absolute Gasteiger partial charge is 0.319 e. The lowest BCUT2D eigenvalue weighted by molar-refractivity contribution is 0.244. The van der Waals surface area contributed by atoms with Crippen LogP contribution in [0, 0.1) is 6.92 Å². The molecule has 3 heteroatoms. The van der Waals surface area contributed by atoms with Crippen LogP contribution in [0.2, 0.25) is 0 Å². The largest absolute Gasteiger partial charge is 0.334 e. The third kappa shape index (κ3) is 4.61. The average molecular weight is 266 g/mol. The monoisotopic (exact) mass is 266 g/mol. The van der Waals surface area contributed by atoms with Crippen molar-refractivity contribution >= 4 is 12.1 Å². The quantitative estimate of drug-likeness (QED) is 0.874. The summed E-state index contributed by atoms with van der Waals surface area (Å²) in [6, 6.07) is 17.7. The number of hydrogen-bond donors (Lipinski definition) is 2. The van der Waals surface area contributed by atoms with Crippen LogP contribution in [0.15, 0.2) is 60.8 Å². The zero-order valence-corrected chi connectivity index (χ0v) is 11.5. The van der Waals surface area contributed by atoms with Crippen LogP contribution in [0.1, 0.15) is 16.7 Å². The van der Waals surface area contributed by atoms with Crippen molar-refractivity contribution in [2.24, 2.45) is 0 Å².